The number of halogens is 2. The van der Waals surface area contributed by atoms with Crippen LogP contribution in [-0.2, 0) is 14.8 Å². The van der Waals surface area contributed by atoms with Crippen LogP contribution in [0.4, 0.5) is 4.39 Å². The van der Waals surface area contributed by atoms with Gasteiger partial charge in [0.15, 0.2) is 0 Å². The van der Waals surface area contributed by atoms with Gasteiger partial charge in [-0.3, -0.25) is 4.79 Å². The van der Waals surface area contributed by atoms with Gasteiger partial charge in [0.05, 0.1) is 4.90 Å². The van der Waals surface area contributed by atoms with Crippen molar-refractivity contribution >= 4 is 39.3 Å². The molecule has 1 fully saturated rings. The van der Waals surface area contributed by atoms with Gasteiger partial charge in [-0.2, -0.15) is 4.31 Å². The van der Waals surface area contributed by atoms with Crippen LogP contribution in [-0.4, -0.2) is 55.5 Å². The number of piperazine rings is 1. The van der Waals surface area contributed by atoms with Crippen molar-refractivity contribution in [2.75, 3.05) is 31.9 Å². The van der Waals surface area contributed by atoms with Crippen molar-refractivity contribution in [1.82, 2.24) is 9.21 Å². The molecule has 0 aliphatic carbocycles. The Morgan fingerprint density at radius 1 is 1.07 bits per heavy atom. The van der Waals surface area contributed by atoms with Crippen LogP contribution >= 0.6 is 23.4 Å². The van der Waals surface area contributed by atoms with Crippen molar-refractivity contribution in [1.29, 1.82) is 0 Å². The fourth-order valence-electron chi connectivity index (χ4n) is 2.90. The van der Waals surface area contributed by atoms with Crippen molar-refractivity contribution in [3.05, 3.63) is 59.4 Å². The van der Waals surface area contributed by atoms with Gasteiger partial charge in [0.25, 0.3) is 0 Å². The Bertz CT molecular complexity index is 930. The Balaban J connectivity index is 1.49. The van der Waals surface area contributed by atoms with Gasteiger partial charge in [-0.05, 0) is 42.5 Å². The molecule has 5 nitrogen and oxygen atoms in total. The summed E-state index contributed by atoms with van der Waals surface area (Å²) >= 11 is 7.39. The summed E-state index contributed by atoms with van der Waals surface area (Å²) in [6, 6.07) is 12.3. The van der Waals surface area contributed by atoms with E-state index >= 15 is 0 Å². The van der Waals surface area contributed by atoms with Crippen molar-refractivity contribution in [2.45, 2.75) is 16.2 Å². The molecule has 9 heteroatoms. The number of hydrogen-bond donors (Lipinski definition) is 0. The van der Waals surface area contributed by atoms with Crippen LogP contribution in [0.3, 0.4) is 0 Å². The molecule has 0 atom stereocenters. The summed E-state index contributed by atoms with van der Waals surface area (Å²) in [7, 11) is -3.61. The maximum Gasteiger partial charge on any atom is 0.243 e. The molecule has 2 aromatic carbocycles. The Kier molecular flexibility index (Phi) is 6.98. The van der Waals surface area contributed by atoms with Gasteiger partial charge < -0.3 is 4.90 Å². The molecule has 1 aliphatic heterocycles. The molecule has 1 heterocycles. The number of rotatable bonds is 6. The zero-order chi connectivity index (χ0) is 20.1. The molecule has 1 amide bonds. The van der Waals surface area contributed by atoms with Crippen LogP contribution in [0.2, 0.25) is 5.02 Å². The number of nitrogens with zero attached hydrogens (tertiary/aromatic N) is 2. The van der Waals surface area contributed by atoms with Gasteiger partial charge in [-0.15, -0.1) is 11.8 Å². The smallest absolute Gasteiger partial charge is 0.243 e. The molecule has 28 heavy (non-hydrogen) atoms. The lowest BCUT2D eigenvalue weighted by atomic mass is 10.3. The summed E-state index contributed by atoms with van der Waals surface area (Å²) < 4.78 is 39.7. The minimum atomic E-state index is -3.61. The van der Waals surface area contributed by atoms with E-state index in [1.807, 2.05) is 0 Å². The highest BCUT2D eigenvalue weighted by atomic mass is 35.5. The number of carbonyl (C=O) groups is 1. The lowest BCUT2D eigenvalue weighted by Crippen LogP contribution is -2.50. The minimum absolute atomic E-state index is 0.00517. The van der Waals surface area contributed by atoms with Crippen LogP contribution < -0.4 is 0 Å². The molecule has 0 saturated carbocycles. The lowest BCUT2D eigenvalue weighted by Gasteiger charge is -2.34. The molecular formula is C19H20ClFN2O3S2. The largest absolute Gasteiger partial charge is 0.340 e. The Hall–Kier alpha value is -1.61. The van der Waals surface area contributed by atoms with Crippen molar-refractivity contribution < 1.29 is 17.6 Å². The second-order valence-corrected chi connectivity index (χ2v) is 9.84. The number of amides is 1. The van der Waals surface area contributed by atoms with Crippen LogP contribution in [0, 0.1) is 5.82 Å². The van der Waals surface area contributed by atoms with Gasteiger partial charge >= 0.3 is 0 Å². The number of hydrogen-bond acceptors (Lipinski definition) is 4. The van der Waals surface area contributed by atoms with Crippen molar-refractivity contribution in [2.24, 2.45) is 0 Å². The summed E-state index contributed by atoms with van der Waals surface area (Å²) in [6.07, 6.45) is 0.350. The third-order valence-corrected chi connectivity index (χ3v) is 7.57. The number of carbonyl (C=O) groups excluding carboxylic acids is 1. The maximum absolute atomic E-state index is 12.9. The average Bonchev–Trinajstić information content (AvgIpc) is 2.69. The fraction of sp³-hybridized carbons (Fsp3) is 0.316. The SMILES string of the molecule is O=C(CCSc1ccc(F)cc1)N1CCN(S(=O)(=O)c2cccc(Cl)c2)CC1. The van der Waals surface area contributed by atoms with E-state index in [2.05, 4.69) is 0 Å². The van der Waals surface area contributed by atoms with E-state index in [9.17, 15) is 17.6 Å². The Morgan fingerprint density at radius 3 is 2.39 bits per heavy atom. The highest BCUT2D eigenvalue weighted by Crippen LogP contribution is 2.22. The van der Waals surface area contributed by atoms with E-state index in [4.69, 9.17) is 11.6 Å². The number of benzene rings is 2. The Morgan fingerprint density at radius 2 is 1.75 bits per heavy atom. The van der Waals surface area contributed by atoms with Gasteiger partial charge in [0.2, 0.25) is 15.9 Å². The minimum Gasteiger partial charge on any atom is -0.340 e. The predicted molar refractivity (Wildman–Crippen MR) is 109 cm³/mol. The normalized spacial score (nSPS) is 15.6. The van der Waals surface area contributed by atoms with E-state index < -0.39 is 10.0 Å². The quantitative estimate of drug-likeness (QED) is 0.642. The predicted octanol–water partition coefficient (Wildman–Crippen LogP) is 3.49. The molecule has 0 bridgehead atoms. The van der Waals surface area contributed by atoms with Gasteiger partial charge in [-0.1, -0.05) is 17.7 Å². The second kappa shape index (κ2) is 9.26. The second-order valence-electron chi connectivity index (χ2n) is 6.29. The first kappa shape index (κ1) is 21.1. The molecule has 0 radical (unpaired) electrons. The molecule has 1 saturated heterocycles. The van der Waals surface area contributed by atoms with Crippen molar-refractivity contribution in [3.63, 3.8) is 0 Å². The first-order chi connectivity index (χ1) is 13.4. The molecule has 2 aromatic rings. The summed E-state index contributed by atoms with van der Waals surface area (Å²) in [5, 5.41) is 0.369. The third-order valence-electron chi connectivity index (χ3n) is 4.42. The first-order valence-corrected chi connectivity index (χ1v) is 11.6. The highest BCUT2D eigenvalue weighted by Gasteiger charge is 2.30. The molecule has 150 valence electrons. The molecule has 0 aromatic heterocycles. The molecular weight excluding hydrogens is 423 g/mol. The van der Waals surface area contributed by atoms with Crippen LogP contribution in [0.5, 0.6) is 0 Å². The molecule has 3 rings (SSSR count). The van der Waals surface area contributed by atoms with E-state index in [1.165, 1.54) is 40.3 Å². The summed E-state index contributed by atoms with van der Waals surface area (Å²) in [6.45, 7) is 1.23. The third kappa shape index (κ3) is 5.26. The van der Waals surface area contributed by atoms with Gasteiger partial charge in [0.1, 0.15) is 5.82 Å². The van der Waals surface area contributed by atoms with E-state index in [0.717, 1.165) is 4.90 Å². The summed E-state index contributed by atoms with van der Waals surface area (Å²) in [5.74, 6) is 0.298. The number of thioether (sulfide) groups is 1. The first-order valence-electron chi connectivity index (χ1n) is 8.78. The van der Waals surface area contributed by atoms with Crippen LogP contribution in [0.15, 0.2) is 58.3 Å². The lowest BCUT2D eigenvalue weighted by molar-refractivity contribution is -0.131. The fourth-order valence-corrected chi connectivity index (χ4v) is 5.46. The highest BCUT2D eigenvalue weighted by molar-refractivity contribution is 7.99. The zero-order valence-electron chi connectivity index (χ0n) is 15.1. The topological polar surface area (TPSA) is 57.7 Å². The molecule has 0 spiro atoms. The molecule has 0 unspecified atom stereocenters. The van der Waals surface area contributed by atoms with E-state index in [-0.39, 0.29) is 29.7 Å². The monoisotopic (exact) mass is 442 g/mol. The van der Waals surface area contributed by atoms with E-state index in [1.54, 1.807) is 29.2 Å². The number of sulfonamides is 1. The van der Waals surface area contributed by atoms with Crippen molar-refractivity contribution in [3.8, 4) is 0 Å². The van der Waals surface area contributed by atoms with Crippen LogP contribution in [0.25, 0.3) is 0 Å². The molecule has 1 aliphatic rings. The van der Waals surface area contributed by atoms with Crippen LogP contribution in [0.1, 0.15) is 6.42 Å². The summed E-state index contributed by atoms with van der Waals surface area (Å²) in [5.41, 5.74) is 0. The van der Waals surface area contributed by atoms with E-state index in [0.29, 0.717) is 30.3 Å². The average molecular weight is 443 g/mol. The van der Waals surface area contributed by atoms with Gasteiger partial charge in [-0.25, -0.2) is 12.8 Å². The maximum atomic E-state index is 12.9. The van der Waals surface area contributed by atoms with Gasteiger partial charge in [0, 0.05) is 48.3 Å². The zero-order valence-corrected chi connectivity index (χ0v) is 17.4. The molecule has 0 N–H and O–H groups in total. The standard InChI is InChI=1S/C19H20ClFN2O3S2/c20-15-2-1-3-18(14-15)28(25,26)23-11-9-22(10-12-23)19(24)8-13-27-17-6-4-16(21)5-7-17/h1-7,14H,8-13H2. The Labute approximate surface area is 173 Å². The summed E-state index contributed by atoms with van der Waals surface area (Å²) in [4.78, 5) is 15.1.